The van der Waals surface area contributed by atoms with E-state index in [1.807, 2.05) is 57.2 Å². The Morgan fingerprint density at radius 3 is 2.00 bits per heavy atom. The van der Waals surface area contributed by atoms with Gasteiger partial charge in [-0.25, -0.2) is 8.42 Å². The van der Waals surface area contributed by atoms with Crippen molar-refractivity contribution in [1.29, 1.82) is 0 Å². The highest BCUT2D eigenvalue weighted by Gasteiger charge is 2.35. The van der Waals surface area contributed by atoms with E-state index in [1.165, 1.54) is 17.0 Å². The molecule has 0 aliphatic heterocycles. The molecule has 44 heavy (non-hydrogen) atoms. The van der Waals surface area contributed by atoms with E-state index in [9.17, 15) is 18.0 Å². The predicted molar refractivity (Wildman–Crippen MR) is 176 cm³/mol. The quantitative estimate of drug-likeness (QED) is 0.186. The van der Waals surface area contributed by atoms with Crippen molar-refractivity contribution in [2.75, 3.05) is 10.8 Å². The number of anilines is 1. The molecule has 4 aromatic rings. The Labute approximate surface area is 269 Å². The Kier molecular flexibility index (Phi) is 11.1. The molecule has 1 atom stereocenters. The molecule has 0 heterocycles. The largest absolute Gasteiger partial charge is 0.352 e. The SMILES string of the molecule is Cc1cccc(N(CC(=O)N(Cc2c(Cl)cccc2Cl)[C@H](Cc2ccccc2)C(=O)NC(C)C)S(=O)(=O)c2ccccc2)c1. The van der Waals surface area contributed by atoms with Crippen molar-refractivity contribution in [2.45, 2.75) is 50.7 Å². The third-order valence-corrected chi connectivity index (χ3v) is 9.49. The standard InChI is InChI=1S/C34H35Cl2N3O4S/c1-24(2)37-34(41)32(21-26-13-6-4-7-14-26)38(22-29-30(35)18-11-19-31(29)36)33(40)23-39(27-15-10-12-25(3)20-27)44(42,43)28-16-8-5-9-17-28/h4-20,24,32H,21-23H2,1-3H3,(H,37,41)/t32-/m1/s1. The summed E-state index contributed by atoms with van der Waals surface area (Å²) in [4.78, 5) is 29.7. The molecule has 0 bridgehead atoms. The first-order valence-electron chi connectivity index (χ1n) is 14.2. The maximum absolute atomic E-state index is 14.5. The fourth-order valence-corrected chi connectivity index (χ4v) is 6.76. The van der Waals surface area contributed by atoms with Gasteiger partial charge >= 0.3 is 0 Å². The van der Waals surface area contributed by atoms with Gasteiger partial charge in [-0.1, -0.05) is 89.9 Å². The number of nitrogens with zero attached hydrogens (tertiary/aromatic N) is 2. The van der Waals surface area contributed by atoms with Crippen molar-refractivity contribution < 1.29 is 18.0 Å². The topological polar surface area (TPSA) is 86.8 Å². The van der Waals surface area contributed by atoms with E-state index in [0.29, 0.717) is 21.3 Å². The zero-order valence-corrected chi connectivity index (χ0v) is 27.1. The lowest BCUT2D eigenvalue weighted by molar-refractivity contribution is -0.140. The fraction of sp³-hybridized carbons (Fsp3) is 0.235. The molecule has 0 aromatic heterocycles. The third-order valence-electron chi connectivity index (χ3n) is 6.99. The number of hydrogen-bond acceptors (Lipinski definition) is 4. The molecule has 10 heteroatoms. The van der Waals surface area contributed by atoms with Gasteiger partial charge in [-0.05, 0) is 68.3 Å². The lowest BCUT2D eigenvalue weighted by atomic mass is 10.0. The summed E-state index contributed by atoms with van der Waals surface area (Å²) in [6, 6.07) is 28.0. The van der Waals surface area contributed by atoms with E-state index in [1.54, 1.807) is 54.6 Å². The van der Waals surface area contributed by atoms with E-state index in [4.69, 9.17) is 23.2 Å². The van der Waals surface area contributed by atoms with Crippen LogP contribution in [0.3, 0.4) is 0 Å². The number of carbonyl (C=O) groups excluding carboxylic acids is 2. The molecule has 4 aromatic carbocycles. The number of nitrogens with one attached hydrogen (secondary N) is 1. The summed E-state index contributed by atoms with van der Waals surface area (Å²) < 4.78 is 29.2. The Balaban J connectivity index is 1.84. The highest BCUT2D eigenvalue weighted by molar-refractivity contribution is 7.92. The molecule has 4 rings (SSSR count). The van der Waals surface area contributed by atoms with Crippen LogP contribution in [-0.4, -0.2) is 43.8 Å². The molecule has 230 valence electrons. The molecule has 7 nitrogen and oxygen atoms in total. The molecule has 0 aliphatic carbocycles. The Bertz CT molecular complexity index is 1680. The molecule has 0 fully saturated rings. The second-order valence-corrected chi connectivity index (χ2v) is 13.4. The van der Waals surface area contributed by atoms with Crippen LogP contribution < -0.4 is 9.62 Å². The summed E-state index contributed by atoms with van der Waals surface area (Å²) >= 11 is 13.1. The molecular formula is C34H35Cl2N3O4S. The van der Waals surface area contributed by atoms with Crippen molar-refractivity contribution in [3.63, 3.8) is 0 Å². The number of amides is 2. The number of halogens is 2. The van der Waals surface area contributed by atoms with Gasteiger partial charge in [-0.15, -0.1) is 0 Å². The molecule has 0 radical (unpaired) electrons. The molecular weight excluding hydrogens is 617 g/mol. The summed E-state index contributed by atoms with van der Waals surface area (Å²) in [5, 5.41) is 3.58. The number of aryl methyl sites for hydroxylation is 1. The number of rotatable bonds is 12. The van der Waals surface area contributed by atoms with Gasteiger partial charge in [0.2, 0.25) is 11.8 Å². The average Bonchev–Trinajstić information content (AvgIpc) is 2.99. The third kappa shape index (κ3) is 8.20. The highest BCUT2D eigenvalue weighted by Crippen LogP contribution is 2.29. The van der Waals surface area contributed by atoms with Crippen LogP contribution in [0.5, 0.6) is 0 Å². The Hall–Kier alpha value is -3.85. The zero-order chi connectivity index (χ0) is 31.9. The molecule has 1 N–H and O–H groups in total. The van der Waals surface area contributed by atoms with Crippen LogP contribution in [0, 0.1) is 6.92 Å². The number of benzene rings is 4. The van der Waals surface area contributed by atoms with Crippen LogP contribution in [0.1, 0.15) is 30.5 Å². The number of sulfonamides is 1. The minimum Gasteiger partial charge on any atom is -0.352 e. The van der Waals surface area contributed by atoms with Gasteiger partial charge < -0.3 is 10.2 Å². The van der Waals surface area contributed by atoms with Gasteiger partial charge in [0.1, 0.15) is 12.6 Å². The minimum absolute atomic E-state index is 0.0355. The maximum atomic E-state index is 14.5. The van der Waals surface area contributed by atoms with E-state index >= 15 is 0 Å². The van der Waals surface area contributed by atoms with Gasteiger partial charge in [-0.2, -0.15) is 0 Å². The monoisotopic (exact) mass is 651 g/mol. The summed E-state index contributed by atoms with van der Waals surface area (Å²) in [6.45, 7) is 4.83. The number of hydrogen-bond donors (Lipinski definition) is 1. The molecule has 0 aliphatic rings. The van der Waals surface area contributed by atoms with Crippen molar-refractivity contribution in [1.82, 2.24) is 10.2 Å². The lowest BCUT2D eigenvalue weighted by Gasteiger charge is -2.34. The Morgan fingerprint density at radius 2 is 1.41 bits per heavy atom. The Morgan fingerprint density at radius 1 is 0.818 bits per heavy atom. The molecule has 0 saturated carbocycles. The summed E-state index contributed by atoms with van der Waals surface area (Å²) in [5.41, 5.74) is 2.42. The zero-order valence-electron chi connectivity index (χ0n) is 24.8. The molecule has 0 saturated heterocycles. The first kappa shape index (κ1) is 33.1. The summed E-state index contributed by atoms with van der Waals surface area (Å²) in [5.74, 6) is -0.977. The molecule has 2 amide bonds. The lowest BCUT2D eigenvalue weighted by Crippen LogP contribution is -2.54. The van der Waals surface area contributed by atoms with E-state index < -0.39 is 28.5 Å². The van der Waals surface area contributed by atoms with E-state index in [-0.39, 0.29) is 29.8 Å². The van der Waals surface area contributed by atoms with Gasteiger partial charge in [0, 0.05) is 34.6 Å². The van der Waals surface area contributed by atoms with Crippen LogP contribution in [0.15, 0.2) is 108 Å². The fourth-order valence-electron chi connectivity index (χ4n) is 4.82. The van der Waals surface area contributed by atoms with Crippen molar-refractivity contribution in [2.24, 2.45) is 0 Å². The maximum Gasteiger partial charge on any atom is 0.264 e. The molecule has 0 spiro atoms. The second kappa shape index (κ2) is 14.8. The summed E-state index contributed by atoms with van der Waals surface area (Å²) in [6.07, 6.45) is 0.184. The van der Waals surface area contributed by atoms with Gasteiger partial charge in [0.05, 0.1) is 10.6 Å². The molecule has 0 unspecified atom stereocenters. The van der Waals surface area contributed by atoms with Crippen LogP contribution in [0.4, 0.5) is 5.69 Å². The smallest absolute Gasteiger partial charge is 0.264 e. The van der Waals surface area contributed by atoms with E-state index in [0.717, 1.165) is 15.4 Å². The van der Waals surface area contributed by atoms with E-state index in [2.05, 4.69) is 5.32 Å². The number of carbonyl (C=O) groups is 2. The first-order valence-corrected chi connectivity index (χ1v) is 16.4. The normalized spacial score (nSPS) is 12.0. The van der Waals surface area contributed by atoms with Crippen molar-refractivity contribution in [3.8, 4) is 0 Å². The second-order valence-electron chi connectivity index (χ2n) is 10.8. The van der Waals surface area contributed by atoms with Crippen LogP contribution >= 0.6 is 23.2 Å². The minimum atomic E-state index is -4.18. The van der Waals surface area contributed by atoms with Gasteiger partial charge in [-0.3, -0.25) is 13.9 Å². The predicted octanol–water partition coefficient (Wildman–Crippen LogP) is 6.66. The van der Waals surface area contributed by atoms with Crippen molar-refractivity contribution in [3.05, 3.63) is 130 Å². The first-order chi connectivity index (χ1) is 21.0. The summed E-state index contributed by atoms with van der Waals surface area (Å²) in [7, 11) is -4.18. The van der Waals surface area contributed by atoms with Crippen LogP contribution in [0.25, 0.3) is 0 Å². The average molecular weight is 653 g/mol. The highest BCUT2D eigenvalue weighted by atomic mass is 35.5. The van der Waals surface area contributed by atoms with Crippen LogP contribution in [0.2, 0.25) is 10.0 Å². The van der Waals surface area contributed by atoms with Crippen molar-refractivity contribution >= 4 is 50.7 Å². The van der Waals surface area contributed by atoms with Gasteiger partial charge in [0.25, 0.3) is 10.0 Å². The van der Waals surface area contributed by atoms with Gasteiger partial charge in [0.15, 0.2) is 0 Å². The van der Waals surface area contributed by atoms with Crippen LogP contribution in [-0.2, 0) is 32.6 Å².